The second kappa shape index (κ2) is 10.3. The average Bonchev–Trinajstić information content (AvgIpc) is 2.78. The Morgan fingerprint density at radius 1 is 1.21 bits per heavy atom. The number of carbonyl (C=O) groups excluding carboxylic acids is 2. The number of thioether (sulfide) groups is 1. The van der Waals surface area contributed by atoms with Gasteiger partial charge >= 0.3 is 11.9 Å². The normalized spacial score (nSPS) is 13.8. The zero-order valence-corrected chi connectivity index (χ0v) is 17.4. The molecule has 0 amide bonds. The smallest absolute Gasteiger partial charge is 0.341 e. The van der Waals surface area contributed by atoms with Crippen molar-refractivity contribution in [1.82, 2.24) is 4.98 Å². The Morgan fingerprint density at radius 3 is 2.59 bits per heavy atom. The first-order valence-corrected chi connectivity index (χ1v) is 10.4. The molecule has 1 aliphatic rings. The van der Waals surface area contributed by atoms with E-state index in [1.807, 2.05) is 36.4 Å². The van der Waals surface area contributed by atoms with Crippen LogP contribution in [0.3, 0.4) is 0 Å². The Balaban J connectivity index is 2.12. The zero-order chi connectivity index (χ0) is 20.6. The molecular weight excluding hydrogens is 392 g/mol. The Kier molecular flexibility index (Phi) is 7.48. The van der Waals surface area contributed by atoms with Gasteiger partial charge in [-0.15, -0.1) is 0 Å². The molecule has 0 aliphatic carbocycles. The Morgan fingerprint density at radius 2 is 1.93 bits per heavy atom. The van der Waals surface area contributed by atoms with Crippen molar-refractivity contribution in [3.8, 4) is 11.1 Å². The number of benzene rings is 1. The SMILES string of the molecule is CCOC(=O)c1c(-c2ccccc2)cc(N2CCOCC2)nc1SCC(=O)OC. The minimum absolute atomic E-state index is 0.0523. The van der Waals surface area contributed by atoms with E-state index < -0.39 is 5.97 Å². The van der Waals surface area contributed by atoms with Gasteiger partial charge in [0.25, 0.3) is 0 Å². The summed E-state index contributed by atoms with van der Waals surface area (Å²) in [6.45, 7) is 4.66. The van der Waals surface area contributed by atoms with E-state index in [9.17, 15) is 9.59 Å². The molecule has 2 aromatic rings. The van der Waals surface area contributed by atoms with Crippen LogP contribution < -0.4 is 4.90 Å². The highest BCUT2D eigenvalue weighted by molar-refractivity contribution is 8.00. The summed E-state index contributed by atoms with van der Waals surface area (Å²) in [5.74, 6) is -0.0478. The molecule has 0 atom stereocenters. The summed E-state index contributed by atoms with van der Waals surface area (Å²) in [7, 11) is 1.34. The van der Waals surface area contributed by atoms with E-state index in [0.29, 0.717) is 36.9 Å². The van der Waals surface area contributed by atoms with Gasteiger partial charge in [-0.2, -0.15) is 0 Å². The largest absolute Gasteiger partial charge is 0.468 e. The number of morpholine rings is 1. The van der Waals surface area contributed by atoms with Crippen molar-refractivity contribution >= 4 is 29.5 Å². The first kappa shape index (κ1) is 21.1. The molecule has 8 heteroatoms. The fourth-order valence-corrected chi connectivity index (χ4v) is 3.87. The number of hydrogen-bond acceptors (Lipinski definition) is 8. The lowest BCUT2D eigenvalue weighted by atomic mass is 10.0. The molecule has 0 saturated carbocycles. The van der Waals surface area contributed by atoms with E-state index >= 15 is 0 Å². The van der Waals surface area contributed by atoms with Crippen LogP contribution in [0.2, 0.25) is 0 Å². The van der Waals surface area contributed by atoms with Crippen LogP contribution in [0.4, 0.5) is 5.82 Å². The second-order valence-corrected chi connectivity index (χ2v) is 7.22. The first-order chi connectivity index (χ1) is 14.1. The molecule has 0 unspecified atom stereocenters. The summed E-state index contributed by atoms with van der Waals surface area (Å²) in [6, 6.07) is 11.5. The second-order valence-electron chi connectivity index (χ2n) is 6.26. The van der Waals surface area contributed by atoms with Crippen LogP contribution in [0.5, 0.6) is 0 Å². The molecule has 0 radical (unpaired) electrons. The van der Waals surface area contributed by atoms with Crippen LogP contribution in [0.25, 0.3) is 11.1 Å². The number of aromatic nitrogens is 1. The molecule has 3 rings (SSSR count). The van der Waals surface area contributed by atoms with Crippen LogP contribution in [-0.4, -0.2) is 62.7 Å². The minimum Gasteiger partial charge on any atom is -0.468 e. The van der Waals surface area contributed by atoms with Crippen molar-refractivity contribution in [2.24, 2.45) is 0 Å². The molecular formula is C21H24N2O5S. The first-order valence-electron chi connectivity index (χ1n) is 9.44. The van der Waals surface area contributed by atoms with Crippen molar-refractivity contribution in [3.05, 3.63) is 42.0 Å². The average molecular weight is 416 g/mol. The van der Waals surface area contributed by atoms with Crippen LogP contribution in [0.1, 0.15) is 17.3 Å². The number of pyridine rings is 1. The third-order valence-electron chi connectivity index (χ3n) is 4.43. The molecule has 1 aromatic heterocycles. The van der Waals surface area contributed by atoms with Gasteiger partial charge in [0, 0.05) is 18.7 Å². The number of carbonyl (C=O) groups is 2. The van der Waals surface area contributed by atoms with Crippen LogP contribution >= 0.6 is 11.8 Å². The van der Waals surface area contributed by atoms with E-state index in [-0.39, 0.29) is 18.3 Å². The highest BCUT2D eigenvalue weighted by Gasteiger charge is 2.25. The van der Waals surface area contributed by atoms with Crippen molar-refractivity contribution in [1.29, 1.82) is 0 Å². The van der Waals surface area contributed by atoms with E-state index in [2.05, 4.69) is 4.90 Å². The monoisotopic (exact) mass is 416 g/mol. The van der Waals surface area contributed by atoms with Gasteiger partial charge in [0.1, 0.15) is 10.8 Å². The molecule has 0 spiro atoms. The molecule has 7 nitrogen and oxygen atoms in total. The van der Waals surface area contributed by atoms with E-state index in [4.69, 9.17) is 19.2 Å². The summed E-state index contributed by atoms with van der Waals surface area (Å²) < 4.78 is 15.5. The lowest BCUT2D eigenvalue weighted by molar-refractivity contribution is -0.137. The molecule has 2 heterocycles. The Bertz CT molecular complexity index is 854. The number of ether oxygens (including phenoxy) is 3. The highest BCUT2D eigenvalue weighted by Crippen LogP contribution is 2.35. The van der Waals surface area contributed by atoms with Gasteiger partial charge < -0.3 is 19.1 Å². The van der Waals surface area contributed by atoms with Gasteiger partial charge in [0.2, 0.25) is 0 Å². The van der Waals surface area contributed by atoms with Gasteiger partial charge in [-0.05, 0) is 18.6 Å². The minimum atomic E-state index is -0.459. The number of esters is 2. The molecule has 29 heavy (non-hydrogen) atoms. The van der Waals surface area contributed by atoms with E-state index in [0.717, 1.165) is 16.9 Å². The number of rotatable bonds is 7. The summed E-state index contributed by atoms with van der Waals surface area (Å²) >= 11 is 1.18. The lowest BCUT2D eigenvalue weighted by Gasteiger charge is -2.29. The fourth-order valence-electron chi connectivity index (χ4n) is 3.00. The van der Waals surface area contributed by atoms with Gasteiger partial charge in [-0.1, -0.05) is 42.1 Å². The maximum atomic E-state index is 12.8. The van der Waals surface area contributed by atoms with Gasteiger partial charge in [-0.3, -0.25) is 4.79 Å². The number of nitrogens with zero attached hydrogens (tertiary/aromatic N) is 2. The standard InChI is InChI=1S/C21H24N2O5S/c1-3-28-21(25)19-16(15-7-5-4-6-8-15)13-17(23-9-11-27-12-10-23)22-20(19)29-14-18(24)26-2/h4-8,13H,3,9-12,14H2,1-2H3. The van der Waals surface area contributed by atoms with Crippen LogP contribution in [-0.2, 0) is 19.0 Å². The third kappa shape index (κ3) is 5.27. The molecule has 1 fully saturated rings. The summed E-state index contributed by atoms with van der Waals surface area (Å²) in [4.78, 5) is 31.4. The number of hydrogen-bond donors (Lipinski definition) is 0. The summed E-state index contributed by atoms with van der Waals surface area (Å²) in [5.41, 5.74) is 1.98. The molecule has 0 bridgehead atoms. The Labute approximate surface area is 174 Å². The van der Waals surface area contributed by atoms with Gasteiger partial charge in [0.15, 0.2) is 0 Å². The predicted molar refractivity (Wildman–Crippen MR) is 111 cm³/mol. The summed E-state index contributed by atoms with van der Waals surface area (Å²) in [6.07, 6.45) is 0. The van der Waals surface area contributed by atoms with Gasteiger partial charge in [-0.25, -0.2) is 9.78 Å². The van der Waals surface area contributed by atoms with Gasteiger partial charge in [0.05, 0.1) is 38.2 Å². The highest BCUT2D eigenvalue weighted by atomic mass is 32.2. The number of methoxy groups -OCH3 is 1. The predicted octanol–water partition coefficient (Wildman–Crippen LogP) is 3.03. The van der Waals surface area contributed by atoms with Crippen molar-refractivity contribution in [2.75, 3.05) is 50.7 Å². The number of anilines is 1. The zero-order valence-electron chi connectivity index (χ0n) is 16.6. The van der Waals surface area contributed by atoms with Crippen molar-refractivity contribution < 1.29 is 23.8 Å². The molecule has 1 aromatic carbocycles. The fraction of sp³-hybridized carbons (Fsp3) is 0.381. The van der Waals surface area contributed by atoms with Crippen LogP contribution in [0, 0.1) is 0 Å². The van der Waals surface area contributed by atoms with E-state index in [1.54, 1.807) is 6.92 Å². The van der Waals surface area contributed by atoms with Crippen molar-refractivity contribution in [2.45, 2.75) is 11.9 Å². The molecule has 1 saturated heterocycles. The third-order valence-corrected chi connectivity index (χ3v) is 5.38. The van der Waals surface area contributed by atoms with Crippen molar-refractivity contribution in [3.63, 3.8) is 0 Å². The van der Waals surface area contributed by atoms with Crippen LogP contribution in [0.15, 0.2) is 41.4 Å². The van der Waals surface area contributed by atoms with E-state index in [1.165, 1.54) is 18.9 Å². The molecule has 154 valence electrons. The lowest BCUT2D eigenvalue weighted by Crippen LogP contribution is -2.37. The topological polar surface area (TPSA) is 78.0 Å². The quantitative estimate of drug-likeness (QED) is 0.504. The molecule has 0 N–H and O–H groups in total. The maximum Gasteiger partial charge on any atom is 0.341 e. The maximum absolute atomic E-state index is 12.8. The Hall–Kier alpha value is -2.58. The summed E-state index contributed by atoms with van der Waals surface area (Å²) in [5, 5.41) is 0.455. The molecule has 1 aliphatic heterocycles.